The van der Waals surface area contributed by atoms with Crippen molar-refractivity contribution in [1.29, 1.82) is 0 Å². The number of nitrogens with zero attached hydrogens (tertiary/aromatic N) is 2. The molecule has 0 unspecified atom stereocenters. The Morgan fingerprint density at radius 1 is 1.45 bits per heavy atom. The number of hydrogen-bond acceptors (Lipinski definition) is 5. The molecule has 0 aliphatic heterocycles. The molecule has 0 aliphatic rings. The minimum Gasteiger partial charge on any atom is -0.477 e. The van der Waals surface area contributed by atoms with E-state index in [4.69, 9.17) is 5.11 Å². The van der Waals surface area contributed by atoms with Crippen LogP contribution in [0.15, 0.2) is 39.1 Å². The summed E-state index contributed by atoms with van der Waals surface area (Å²) in [5, 5.41) is 8.91. The molecule has 0 spiro atoms. The van der Waals surface area contributed by atoms with Crippen LogP contribution in [0.2, 0.25) is 0 Å². The van der Waals surface area contributed by atoms with Crippen molar-refractivity contribution in [1.82, 2.24) is 4.98 Å². The molecule has 0 atom stereocenters. The first-order valence-corrected chi connectivity index (χ1v) is 8.31. The van der Waals surface area contributed by atoms with Gasteiger partial charge in [0.05, 0.1) is 3.79 Å². The van der Waals surface area contributed by atoms with Gasteiger partial charge in [0.25, 0.3) is 10.0 Å². The highest BCUT2D eigenvalue weighted by atomic mass is 79.9. The molecule has 2 rings (SSSR count). The van der Waals surface area contributed by atoms with Crippen molar-refractivity contribution < 1.29 is 18.3 Å². The normalized spacial score (nSPS) is 11.3. The highest BCUT2D eigenvalue weighted by Gasteiger charge is 2.28. The van der Waals surface area contributed by atoms with Gasteiger partial charge in [-0.05, 0) is 34.1 Å². The van der Waals surface area contributed by atoms with Gasteiger partial charge in [-0.1, -0.05) is 6.07 Å². The van der Waals surface area contributed by atoms with Gasteiger partial charge in [-0.2, -0.15) is 0 Å². The fourth-order valence-electron chi connectivity index (χ4n) is 1.44. The highest BCUT2D eigenvalue weighted by molar-refractivity contribution is 9.11. The van der Waals surface area contributed by atoms with E-state index >= 15 is 0 Å². The van der Waals surface area contributed by atoms with Gasteiger partial charge >= 0.3 is 5.97 Å². The first-order chi connectivity index (χ1) is 9.34. The SMILES string of the molecule is CN(c1ccccn1)S(=O)(=O)c1cc(C(=O)O)sc1Br. The zero-order valence-corrected chi connectivity index (χ0v) is 13.4. The van der Waals surface area contributed by atoms with Crippen LogP contribution in [0.4, 0.5) is 5.82 Å². The molecule has 1 N–H and O–H groups in total. The molecule has 2 aromatic heterocycles. The average molecular weight is 377 g/mol. The molecule has 0 radical (unpaired) electrons. The van der Waals surface area contributed by atoms with E-state index in [-0.39, 0.29) is 19.4 Å². The summed E-state index contributed by atoms with van der Waals surface area (Å²) in [7, 11) is -2.50. The number of carboxylic acids is 1. The van der Waals surface area contributed by atoms with Crippen molar-refractivity contribution in [2.24, 2.45) is 0 Å². The van der Waals surface area contributed by atoms with E-state index in [1.165, 1.54) is 13.2 Å². The van der Waals surface area contributed by atoms with Crippen molar-refractivity contribution in [2.75, 3.05) is 11.4 Å². The van der Waals surface area contributed by atoms with Crippen LogP contribution in [0.3, 0.4) is 0 Å². The predicted octanol–water partition coefficient (Wildman–Crippen LogP) is 2.43. The number of hydrogen-bond donors (Lipinski definition) is 1. The van der Waals surface area contributed by atoms with Gasteiger partial charge in [-0.3, -0.25) is 4.31 Å². The zero-order chi connectivity index (χ0) is 14.9. The summed E-state index contributed by atoms with van der Waals surface area (Å²) in [6.45, 7) is 0. The Kier molecular flexibility index (Phi) is 4.11. The van der Waals surface area contributed by atoms with Crippen LogP contribution in [0.5, 0.6) is 0 Å². The second-order valence-corrected chi connectivity index (χ2v) is 8.02. The highest BCUT2D eigenvalue weighted by Crippen LogP contribution is 2.34. The number of rotatable bonds is 4. The topological polar surface area (TPSA) is 87.6 Å². The summed E-state index contributed by atoms with van der Waals surface area (Å²) in [6, 6.07) is 6.02. The summed E-state index contributed by atoms with van der Waals surface area (Å²) in [4.78, 5) is 14.7. The number of aromatic nitrogens is 1. The van der Waals surface area contributed by atoms with Crippen LogP contribution in [0.25, 0.3) is 0 Å². The maximum absolute atomic E-state index is 12.5. The Hall–Kier alpha value is -1.45. The van der Waals surface area contributed by atoms with Gasteiger partial charge in [0.1, 0.15) is 15.6 Å². The van der Waals surface area contributed by atoms with E-state index < -0.39 is 16.0 Å². The van der Waals surface area contributed by atoms with Crippen LogP contribution in [-0.2, 0) is 10.0 Å². The number of halogens is 1. The van der Waals surface area contributed by atoms with Crippen molar-refractivity contribution >= 4 is 49.1 Å². The number of carboxylic acid groups (broad SMARTS) is 1. The maximum Gasteiger partial charge on any atom is 0.345 e. The van der Waals surface area contributed by atoms with Gasteiger partial charge in [0, 0.05) is 13.2 Å². The number of pyridine rings is 1. The van der Waals surface area contributed by atoms with Gasteiger partial charge in [-0.15, -0.1) is 11.3 Å². The number of sulfonamides is 1. The van der Waals surface area contributed by atoms with Gasteiger partial charge in [0.15, 0.2) is 0 Å². The molecule has 0 saturated carbocycles. The lowest BCUT2D eigenvalue weighted by molar-refractivity contribution is 0.0702. The fraction of sp³-hybridized carbons (Fsp3) is 0.0909. The Labute approximate surface area is 127 Å². The Morgan fingerprint density at radius 2 is 2.15 bits per heavy atom. The Balaban J connectivity index is 2.48. The minimum absolute atomic E-state index is 0.0510. The second-order valence-electron chi connectivity index (χ2n) is 3.71. The standard InChI is InChI=1S/C11H9BrN2O4S2/c1-14(9-4-2-3-5-13-9)20(17,18)8-6-7(11(15)16)19-10(8)12/h2-6H,1H3,(H,15,16). The molecule has 0 saturated heterocycles. The predicted molar refractivity (Wildman–Crippen MR) is 78.8 cm³/mol. The molecule has 0 fully saturated rings. The third-order valence-corrected chi connectivity index (χ3v) is 6.48. The summed E-state index contributed by atoms with van der Waals surface area (Å²) in [6.07, 6.45) is 1.48. The van der Waals surface area contributed by atoms with Crippen molar-refractivity contribution in [2.45, 2.75) is 4.90 Å². The maximum atomic E-state index is 12.5. The summed E-state index contributed by atoms with van der Waals surface area (Å²) in [5.41, 5.74) is 0. The largest absolute Gasteiger partial charge is 0.477 e. The van der Waals surface area contributed by atoms with Crippen LogP contribution >= 0.6 is 27.3 Å². The van der Waals surface area contributed by atoms with Crippen LogP contribution < -0.4 is 4.31 Å². The Morgan fingerprint density at radius 3 is 2.65 bits per heavy atom. The second kappa shape index (κ2) is 5.51. The molecule has 2 heterocycles. The van der Waals surface area contributed by atoms with Crippen LogP contribution in [-0.4, -0.2) is 31.5 Å². The molecule has 0 aliphatic carbocycles. The minimum atomic E-state index is -3.86. The number of aromatic carboxylic acids is 1. The first-order valence-electron chi connectivity index (χ1n) is 5.26. The van der Waals surface area contributed by atoms with Crippen molar-refractivity contribution in [3.63, 3.8) is 0 Å². The molecule has 0 bridgehead atoms. The lowest BCUT2D eigenvalue weighted by Gasteiger charge is -2.17. The molecule has 6 nitrogen and oxygen atoms in total. The third kappa shape index (κ3) is 2.69. The third-order valence-electron chi connectivity index (χ3n) is 2.48. The average Bonchev–Trinajstić information content (AvgIpc) is 2.82. The van der Waals surface area contributed by atoms with Crippen molar-refractivity contribution in [3.05, 3.63) is 39.1 Å². The quantitative estimate of drug-likeness (QED) is 0.884. The van der Waals surface area contributed by atoms with Crippen molar-refractivity contribution in [3.8, 4) is 0 Å². The fourth-order valence-corrected chi connectivity index (χ4v) is 4.95. The van der Waals surface area contributed by atoms with Crippen LogP contribution in [0.1, 0.15) is 9.67 Å². The number of carbonyl (C=O) groups is 1. The Bertz CT molecular complexity index is 743. The van der Waals surface area contributed by atoms with Gasteiger partial charge in [-0.25, -0.2) is 18.2 Å². The lowest BCUT2D eigenvalue weighted by atomic mass is 10.5. The van der Waals surface area contributed by atoms with Gasteiger partial charge in [0.2, 0.25) is 0 Å². The monoisotopic (exact) mass is 376 g/mol. The van der Waals surface area contributed by atoms with E-state index in [9.17, 15) is 13.2 Å². The first kappa shape index (κ1) is 14.9. The lowest BCUT2D eigenvalue weighted by Crippen LogP contribution is -2.27. The summed E-state index contributed by atoms with van der Waals surface area (Å²) >= 11 is 3.94. The van der Waals surface area contributed by atoms with E-state index in [2.05, 4.69) is 20.9 Å². The summed E-state index contributed by atoms with van der Waals surface area (Å²) in [5.74, 6) is -0.917. The molecule has 9 heteroatoms. The molecule has 20 heavy (non-hydrogen) atoms. The molecule has 106 valence electrons. The van der Waals surface area contributed by atoms with E-state index in [1.807, 2.05) is 0 Å². The number of thiophene rings is 1. The molecular weight excluding hydrogens is 368 g/mol. The molecular formula is C11H9BrN2O4S2. The van der Waals surface area contributed by atoms with E-state index in [1.54, 1.807) is 18.2 Å². The number of anilines is 1. The zero-order valence-electron chi connectivity index (χ0n) is 10.1. The smallest absolute Gasteiger partial charge is 0.345 e. The molecule has 2 aromatic rings. The summed E-state index contributed by atoms with van der Waals surface area (Å²) < 4.78 is 26.2. The molecule has 0 aromatic carbocycles. The van der Waals surface area contributed by atoms with E-state index in [0.29, 0.717) is 0 Å². The van der Waals surface area contributed by atoms with Crippen LogP contribution in [0, 0.1) is 0 Å². The van der Waals surface area contributed by atoms with Gasteiger partial charge < -0.3 is 5.11 Å². The van der Waals surface area contributed by atoms with E-state index in [0.717, 1.165) is 21.7 Å². The molecule has 0 amide bonds.